The van der Waals surface area contributed by atoms with Gasteiger partial charge in [-0.15, -0.1) is 0 Å². The molecule has 3 rings (SSSR count). The first kappa shape index (κ1) is 33.9. The zero-order chi connectivity index (χ0) is 32.7. The minimum absolute atomic E-state index is 0.0145. The standard InChI is InChI=1S/C31H30F6N2O5/c1-19-4-6-20(7-5-19)25(40)18-29(31(35,36)37,22-10-14-24(15-11-22)44-17-3-16-30(32,33)34)39-28(42)26(27(38)41)21-8-12-23(43-2)13-9-21/h4-15,26H,3,16-18H2,1-2H3,(H2,38,41)(H,39,42). The molecule has 0 aliphatic heterocycles. The highest BCUT2D eigenvalue weighted by atomic mass is 19.4. The Morgan fingerprint density at radius 2 is 1.41 bits per heavy atom. The number of alkyl halides is 6. The predicted molar refractivity (Wildman–Crippen MR) is 148 cm³/mol. The van der Waals surface area contributed by atoms with Gasteiger partial charge in [-0.25, -0.2) is 0 Å². The van der Waals surface area contributed by atoms with E-state index in [4.69, 9.17) is 15.2 Å². The van der Waals surface area contributed by atoms with E-state index in [1.165, 1.54) is 43.5 Å². The summed E-state index contributed by atoms with van der Waals surface area (Å²) in [4.78, 5) is 39.1. The van der Waals surface area contributed by atoms with Crippen molar-refractivity contribution in [2.75, 3.05) is 13.7 Å². The van der Waals surface area contributed by atoms with Gasteiger partial charge in [0.05, 0.1) is 13.7 Å². The SMILES string of the molecule is COc1ccc(C(C(N)=O)C(=O)NC(CC(=O)c2ccc(C)cc2)(c2ccc(OCCCC(F)(F)F)cc2)C(F)(F)F)cc1. The molecule has 0 bridgehead atoms. The van der Waals surface area contributed by atoms with Crippen molar-refractivity contribution in [1.82, 2.24) is 5.32 Å². The number of ether oxygens (including phenoxy) is 2. The van der Waals surface area contributed by atoms with Crippen LogP contribution in [0.2, 0.25) is 0 Å². The maximum Gasteiger partial charge on any atom is 0.416 e. The lowest BCUT2D eigenvalue weighted by atomic mass is 9.81. The highest BCUT2D eigenvalue weighted by Crippen LogP contribution is 2.43. The van der Waals surface area contributed by atoms with Crippen LogP contribution < -0.4 is 20.5 Å². The topological polar surface area (TPSA) is 108 Å². The Morgan fingerprint density at radius 3 is 1.91 bits per heavy atom. The molecular weight excluding hydrogens is 594 g/mol. The Labute approximate surface area is 249 Å². The Hall–Kier alpha value is -4.55. The van der Waals surface area contributed by atoms with E-state index in [2.05, 4.69) is 0 Å². The van der Waals surface area contributed by atoms with Crippen LogP contribution in [0.4, 0.5) is 26.3 Å². The quantitative estimate of drug-likeness (QED) is 0.103. The summed E-state index contributed by atoms with van der Waals surface area (Å²) in [6, 6.07) is 15.2. The van der Waals surface area contributed by atoms with Crippen LogP contribution in [0.15, 0.2) is 72.8 Å². The highest BCUT2D eigenvalue weighted by molar-refractivity contribution is 6.06. The monoisotopic (exact) mass is 624 g/mol. The molecule has 13 heteroatoms. The van der Waals surface area contributed by atoms with Crippen molar-refractivity contribution in [2.45, 2.75) is 50.0 Å². The predicted octanol–water partition coefficient (Wildman–Crippen LogP) is 6.14. The second-order valence-corrected chi connectivity index (χ2v) is 10.1. The first-order chi connectivity index (χ1) is 20.6. The van der Waals surface area contributed by atoms with Gasteiger partial charge in [0.15, 0.2) is 11.3 Å². The molecule has 2 amide bonds. The number of ketones is 1. The molecule has 0 aliphatic rings. The van der Waals surface area contributed by atoms with Gasteiger partial charge in [0.2, 0.25) is 11.8 Å². The second-order valence-electron chi connectivity index (χ2n) is 10.1. The molecule has 3 aromatic carbocycles. The molecule has 0 aromatic heterocycles. The molecule has 2 unspecified atom stereocenters. The van der Waals surface area contributed by atoms with Crippen molar-refractivity contribution in [2.24, 2.45) is 5.73 Å². The molecule has 0 saturated heterocycles. The number of carbonyl (C=O) groups excluding carboxylic acids is 3. The van der Waals surface area contributed by atoms with Gasteiger partial charge in [0.25, 0.3) is 0 Å². The van der Waals surface area contributed by atoms with Gasteiger partial charge in [-0.05, 0) is 48.7 Å². The van der Waals surface area contributed by atoms with Gasteiger partial charge in [-0.2, -0.15) is 26.3 Å². The number of Topliss-reactive ketones (excluding diaryl/α,β-unsaturated/α-hetero) is 1. The molecule has 0 radical (unpaired) electrons. The number of aryl methyl sites for hydroxylation is 1. The van der Waals surface area contributed by atoms with Gasteiger partial charge in [0.1, 0.15) is 17.4 Å². The fraction of sp³-hybridized carbons (Fsp3) is 0.323. The number of halogens is 6. The minimum atomic E-state index is -5.29. The van der Waals surface area contributed by atoms with Gasteiger partial charge >= 0.3 is 12.4 Å². The van der Waals surface area contributed by atoms with E-state index in [0.717, 1.165) is 29.8 Å². The summed E-state index contributed by atoms with van der Waals surface area (Å²) >= 11 is 0. The number of hydrogen-bond acceptors (Lipinski definition) is 5. The lowest BCUT2D eigenvalue weighted by Crippen LogP contribution is -2.58. The van der Waals surface area contributed by atoms with E-state index in [9.17, 15) is 27.6 Å². The third kappa shape index (κ3) is 8.51. The number of carbonyl (C=O) groups is 3. The van der Waals surface area contributed by atoms with Gasteiger partial charge in [-0.1, -0.05) is 54.1 Å². The van der Waals surface area contributed by atoms with E-state index < -0.39 is 59.8 Å². The van der Waals surface area contributed by atoms with Gasteiger partial charge in [0, 0.05) is 18.4 Å². The molecule has 0 spiro atoms. The largest absolute Gasteiger partial charge is 0.497 e. The van der Waals surface area contributed by atoms with E-state index in [0.29, 0.717) is 5.75 Å². The summed E-state index contributed by atoms with van der Waals surface area (Å²) in [5.41, 5.74) is 2.21. The number of nitrogens with two attached hydrogens (primary N) is 1. The number of rotatable bonds is 13. The summed E-state index contributed by atoms with van der Waals surface area (Å²) in [6.45, 7) is 1.37. The highest BCUT2D eigenvalue weighted by Gasteiger charge is 2.58. The van der Waals surface area contributed by atoms with Crippen molar-refractivity contribution in [1.29, 1.82) is 0 Å². The Bertz CT molecular complexity index is 1440. The number of nitrogens with one attached hydrogen (secondary N) is 1. The Morgan fingerprint density at radius 1 is 0.841 bits per heavy atom. The molecule has 3 aromatic rings. The molecular formula is C31H30F6N2O5. The number of benzene rings is 3. The molecule has 236 valence electrons. The normalized spacial score (nSPS) is 13.8. The smallest absolute Gasteiger partial charge is 0.416 e. The van der Waals surface area contributed by atoms with Crippen LogP contribution in [0.25, 0.3) is 0 Å². The van der Waals surface area contributed by atoms with Crippen molar-refractivity contribution >= 4 is 17.6 Å². The Kier molecular flexibility index (Phi) is 10.7. The average Bonchev–Trinajstić information content (AvgIpc) is 2.94. The van der Waals surface area contributed by atoms with Crippen LogP contribution in [0.3, 0.4) is 0 Å². The summed E-state index contributed by atoms with van der Waals surface area (Å²) in [5, 5.41) is 1.91. The average molecular weight is 625 g/mol. The van der Waals surface area contributed by atoms with Crippen LogP contribution in [-0.4, -0.2) is 43.7 Å². The molecule has 2 atom stereocenters. The zero-order valence-corrected chi connectivity index (χ0v) is 23.7. The lowest BCUT2D eigenvalue weighted by Gasteiger charge is -2.37. The van der Waals surface area contributed by atoms with Crippen LogP contribution >= 0.6 is 0 Å². The minimum Gasteiger partial charge on any atom is -0.497 e. The molecule has 0 saturated carbocycles. The molecule has 0 fully saturated rings. The van der Waals surface area contributed by atoms with E-state index in [-0.39, 0.29) is 29.9 Å². The van der Waals surface area contributed by atoms with Crippen molar-refractivity contribution in [3.63, 3.8) is 0 Å². The lowest BCUT2D eigenvalue weighted by molar-refractivity contribution is -0.202. The Balaban J connectivity index is 2.04. The molecule has 0 heterocycles. The van der Waals surface area contributed by atoms with Crippen LogP contribution in [0, 0.1) is 6.92 Å². The third-order valence-electron chi connectivity index (χ3n) is 6.84. The summed E-state index contributed by atoms with van der Waals surface area (Å²) < 4.78 is 93.0. The first-order valence-electron chi connectivity index (χ1n) is 13.3. The number of primary amides is 1. The summed E-state index contributed by atoms with van der Waals surface area (Å²) in [7, 11) is 1.37. The van der Waals surface area contributed by atoms with Crippen LogP contribution in [0.1, 0.15) is 52.2 Å². The van der Waals surface area contributed by atoms with Crippen LogP contribution in [0.5, 0.6) is 11.5 Å². The van der Waals surface area contributed by atoms with Crippen LogP contribution in [-0.2, 0) is 15.1 Å². The third-order valence-corrected chi connectivity index (χ3v) is 6.84. The molecule has 3 N–H and O–H groups in total. The maximum absolute atomic E-state index is 15.2. The molecule has 7 nitrogen and oxygen atoms in total. The van der Waals surface area contributed by atoms with Gasteiger partial charge < -0.3 is 20.5 Å². The van der Waals surface area contributed by atoms with Gasteiger partial charge in [-0.3, -0.25) is 14.4 Å². The fourth-order valence-electron chi connectivity index (χ4n) is 4.46. The zero-order valence-electron chi connectivity index (χ0n) is 23.7. The number of methoxy groups -OCH3 is 1. The van der Waals surface area contributed by atoms with E-state index in [1.807, 2.05) is 5.32 Å². The molecule has 44 heavy (non-hydrogen) atoms. The first-order valence-corrected chi connectivity index (χ1v) is 13.3. The van der Waals surface area contributed by atoms with E-state index >= 15 is 13.2 Å². The number of hydrogen-bond donors (Lipinski definition) is 2. The fourth-order valence-corrected chi connectivity index (χ4v) is 4.46. The second kappa shape index (κ2) is 13.8. The van der Waals surface area contributed by atoms with Crippen molar-refractivity contribution in [3.8, 4) is 11.5 Å². The number of amides is 2. The molecule has 0 aliphatic carbocycles. The van der Waals surface area contributed by atoms with Crippen molar-refractivity contribution in [3.05, 3.63) is 95.1 Å². The summed E-state index contributed by atoms with van der Waals surface area (Å²) in [6.07, 6.45) is -12.5. The van der Waals surface area contributed by atoms with E-state index in [1.54, 1.807) is 19.1 Å². The van der Waals surface area contributed by atoms with Crippen molar-refractivity contribution < 1.29 is 50.2 Å². The maximum atomic E-state index is 15.2. The summed E-state index contributed by atoms with van der Waals surface area (Å²) in [5.74, 6) is -5.16.